The number of carbonyl (C=O) groups excluding carboxylic acids is 2. The molecule has 0 aromatic rings. The van der Waals surface area contributed by atoms with Crippen LogP contribution in [0.1, 0.15) is 12.8 Å². The molecule has 92 valence electrons. The van der Waals surface area contributed by atoms with Crippen LogP contribution in [0.25, 0.3) is 0 Å². The van der Waals surface area contributed by atoms with Crippen molar-refractivity contribution in [3.05, 3.63) is 0 Å². The van der Waals surface area contributed by atoms with Gasteiger partial charge in [-0.2, -0.15) is 0 Å². The van der Waals surface area contributed by atoms with Gasteiger partial charge >= 0.3 is 11.9 Å². The molecule has 1 aliphatic rings. The lowest BCUT2D eigenvalue weighted by Crippen LogP contribution is -2.18. The molecule has 1 saturated heterocycles. The van der Waals surface area contributed by atoms with E-state index in [1.54, 1.807) is 0 Å². The highest BCUT2D eigenvalue weighted by Gasteiger charge is 2.10. The molecule has 16 heavy (non-hydrogen) atoms. The average Bonchev–Trinajstić information content (AvgIpc) is 2.25. The zero-order valence-corrected chi connectivity index (χ0v) is 9.11. The maximum Gasteiger partial charge on any atom is 0.315 e. The van der Waals surface area contributed by atoms with E-state index in [9.17, 15) is 9.59 Å². The van der Waals surface area contributed by atoms with Crippen molar-refractivity contribution in [2.75, 3.05) is 39.6 Å². The number of carbonyl (C=O) groups is 2. The topological polar surface area (TPSA) is 71.1 Å². The largest absolute Gasteiger partial charge is 0.393 e. The molecule has 1 fully saturated rings. The Labute approximate surface area is 93.8 Å². The second kappa shape index (κ2) is 8.20. The zero-order valence-electron chi connectivity index (χ0n) is 9.11. The molecule has 0 unspecified atom stereocenters. The fourth-order valence-electron chi connectivity index (χ4n) is 1.08. The SMILES string of the molecule is O=C1CCOCCOCCOCCC(=O)O1. The Balaban J connectivity index is 2.26. The van der Waals surface area contributed by atoms with Crippen LogP contribution in [0.15, 0.2) is 0 Å². The lowest BCUT2D eigenvalue weighted by Gasteiger charge is -2.08. The van der Waals surface area contributed by atoms with Gasteiger partial charge in [-0.25, -0.2) is 0 Å². The highest BCUT2D eigenvalue weighted by atomic mass is 16.6. The van der Waals surface area contributed by atoms with E-state index in [1.807, 2.05) is 0 Å². The van der Waals surface area contributed by atoms with Crippen LogP contribution in [0.5, 0.6) is 0 Å². The summed E-state index contributed by atoms with van der Waals surface area (Å²) < 4.78 is 19.9. The summed E-state index contributed by atoms with van der Waals surface area (Å²) in [5, 5.41) is 0. The Hall–Kier alpha value is -0.980. The molecule has 1 aliphatic heterocycles. The summed E-state index contributed by atoms with van der Waals surface area (Å²) in [6.07, 6.45) is 0.152. The number of ether oxygens (including phenoxy) is 4. The van der Waals surface area contributed by atoms with Gasteiger partial charge in [-0.05, 0) is 0 Å². The minimum absolute atomic E-state index is 0.0760. The van der Waals surface area contributed by atoms with Crippen molar-refractivity contribution in [2.45, 2.75) is 12.8 Å². The molecule has 0 spiro atoms. The first-order valence-electron chi connectivity index (χ1n) is 5.26. The van der Waals surface area contributed by atoms with E-state index in [1.165, 1.54) is 0 Å². The van der Waals surface area contributed by atoms with Crippen molar-refractivity contribution in [3.63, 3.8) is 0 Å². The Morgan fingerprint density at radius 2 is 1.00 bits per heavy atom. The summed E-state index contributed by atoms with van der Waals surface area (Å²) in [5.41, 5.74) is 0. The van der Waals surface area contributed by atoms with E-state index in [0.29, 0.717) is 26.4 Å². The van der Waals surface area contributed by atoms with Crippen LogP contribution in [-0.4, -0.2) is 51.6 Å². The van der Waals surface area contributed by atoms with Gasteiger partial charge in [0.2, 0.25) is 0 Å². The predicted molar refractivity (Wildman–Crippen MR) is 52.8 cm³/mol. The summed E-state index contributed by atoms with van der Waals surface area (Å²) in [5.74, 6) is -1.13. The standard InChI is InChI=1S/C10H16O6/c11-9-1-3-13-5-7-15-8-6-14-4-2-10(12)16-9/h1-8H2. The molecular weight excluding hydrogens is 216 g/mol. The Bertz CT molecular complexity index is 205. The molecule has 0 radical (unpaired) electrons. The summed E-state index contributed by atoms with van der Waals surface area (Å²) in [6, 6.07) is 0. The van der Waals surface area contributed by atoms with Crippen LogP contribution in [0, 0.1) is 0 Å². The van der Waals surface area contributed by atoms with Crippen LogP contribution in [0.4, 0.5) is 0 Å². The second-order valence-electron chi connectivity index (χ2n) is 3.18. The smallest absolute Gasteiger partial charge is 0.315 e. The van der Waals surface area contributed by atoms with Crippen LogP contribution < -0.4 is 0 Å². The minimum atomic E-state index is -0.567. The molecule has 6 heteroatoms. The van der Waals surface area contributed by atoms with Crippen molar-refractivity contribution in [1.82, 2.24) is 0 Å². The van der Waals surface area contributed by atoms with E-state index >= 15 is 0 Å². The van der Waals surface area contributed by atoms with Crippen LogP contribution in [0.3, 0.4) is 0 Å². The number of rotatable bonds is 0. The van der Waals surface area contributed by atoms with Gasteiger partial charge in [0.25, 0.3) is 0 Å². The van der Waals surface area contributed by atoms with Gasteiger partial charge < -0.3 is 18.9 Å². The van der Waals surface area contributed by atoms with E-state index in [4.69, 9.17) is 14.2 Å². The zero-order chi connectivity index (χ0) is 11.6. The fraction of sp³-hybridized carbons (Fsp3) is 0.800. The van der Waals surface area contributed by atoms with Gasteiger partial charge in [-0.15, -0.1) is 0 Å². The average molecular weight is 232 g/mol. The van der Waals surface area contributed by atoms with Crippen molar-refractivity contribution in [3.8, 4) is 0 Å². The monoisotopic (exact) mass is 232 g/mol. The third-order valence-corrected chi connectivity index (χ3v) is 1.87. The second-order valence-corrected chi connectivity index (χ2v) is 3.18. The van der Waals surface area contributed by atoms with Crippen LogP contribution in [0.2, 0.25) is 0 Å². The van der Waals surface area contributed by atoms with E-state index in [0.717, 1.165) is 0 Å². The first-order valence-corrected chi connectivity index (χ1v) is 5.26. The van der Waals surface area contributed by atoms with Gasteiger partial charge in [-0.1, -0.05) is 0 Å². The quantitative estimate of drug-likeness (QED) is 0.429. The maximum atomic E-state index is 11.1. The van der Waals surface area contributed by atoms with Crippen molar-refractivity contribution < 1.29 is 28.5 Å². The molecular formula is C10H16O6. The van der Waals surface area contributed by atoms with Gasteiger partial charge in [0.15, 0.2) is 0 Å². The van der Waals surface area contributed by atoms with E-state index in [2.05, 4.69) is 4.74 Å². The normalized spacial score (nSPS) is 22.2. The van der Waals surface area contributed by atoms with Gasteiger partial charge in [0.05, 0.1) is 52.5 Å². The highest BCUT2D eigenvalue weighted by Crippen LogP contribution is 1.95. The number of hydrogen-bond acceptors (Lipinski definition) is 6. The molecule has 0 atom stereocenters. The molecule has 1 rings (SSSR count). The maximum absolute atomic E-state index is 11.1. The molecule has 0 amide bonds. The van der Waals surface area contributed by atoms with Gasteiger partial charge in [0, 0.05) is 0 Å². The molecule has 0 bridgehead atoms. The molecule has 0 saturated carbocycles. The molecule has 0 aromatic carbocycles. The number of hydrogen-bond donors (Lipinski definition) is 0. The van der Waals surface area contributed by atoms with E-state index < -0.39 is 11.9 Å². The van der Waals surface area contributed by atoms with Crippen LogP contribution in [-0.2, 0) is 28.5 Å². The fourth-order valence-corrected chi connectivity index (χ4v) is 1.08. The molecule has 0 N–H and O–H groups in total. The Morgan fingerprint density at radius 1 is 0.625 bits per heavy atom. The summed E-state index contributed by atoms with van der Waals surface area (Å²) >= 11 is 0. The number of esters is 2. The minimum Gasteiger partial charge on any atom is -0.393 e. The summed E-state index contributed by atoms with van der Waals surface area (Å²) in [6.45, 7) is 2.26. The lowest BCUT2D eigenvalue weighted by molar-refractivity contribution is -0.161. The first-order chi connectivity index (χ1) is 7.79. The lowest BCUT2D eigenvalue weighted by atomic mass is 10.4. The van der Waals surface area contributed by atoms with Crippen molar-refractivity contribution in [1.29, 1.82) is 0 Å². The van der Waals surface area contributed by atoms with Gasteiger partial charge in [0.1, 0.15) is 0 Å². The third kappa shape index (κ3) is 6.49. The highest BCUT2D eigenvalue weighted by molar-refractivity contribution is 5.85. The summed E-state index contributed by atoms with van der Waals surface area (Å²) in [4.78, 5) is 22.1. The van der Waals surface area contributed by atoms with Crippen LogP contribution >= 0.6 is 0 Å². The van der Waals surface area contributed by atoms with Crippen molar-refractivity contribution >= 4 is 11.9 Å². The molecule has 0 aliphatic carbocycles. The van der Waals surface area contributed by atoms with E-state index in [-0.39, 0.29) is 26.1 Å². The Kier molecular flexibility index (Phi) is 6.71. The predicted octanol–water partition coefficient (Wildman–Crippen LogP) is -0.100. The molecule has 0 aromatic heterocycles. The molecule has 1 heterocycles. The van der Waals surface area contributed by atoms with Gasteiger partial charge in [-0.3, -0.25) is 9.59 Å². The number of cyclic esters (lactones) is 2. The summed E-state index contributed by atoms with van der Waals surface area (Å²) in [7, 11) is 0. The Morgan fingerprint density at radius 3 is 1.44 bits per heavy atom. The third-order valence-electron chi connectivity index (χ3n) is 1.87. The first kappa shape index (κ1) is 13.1. The van der Waals surface area contributed by atoms with Crippen molar-refractivity contribution in [2.24, 2.45) is 0 Å². The molecule has 6 nitrogen and oxygen atoms in total.